The molecule has 16 heavy (non-hydrogen) atoms. The Hall–Kier alpha value is -1.88. The maximum atomic E-state index is 10.7. The first-order valence-corrected chi connectivity index (χ1v) is 5.53. The Bertz CT molecular complexity index is 505. The molecule has 0 spiro atoms. The molecule has 0 bridgehead atoms. The van der Waals surface area contributed by atoms with Crippen LogP contribution < -0.4 is 10.5 Å². The molecule has 2 N–H and O–H groups in total. The molecule has 0 aliphatic rings. The Morgan fingerprint density at radius 3 is 2.56 bits per heavy atom. The van der Waals surface area contributed by atoms with Gasteiger partial charge >= 0.3 is 5.97 Å². The predicted molar refractivity (Wildman–Crippen MR) is 63.3 cm³/mol. The second-order valence-corrected chi connectivity index (χ2v) is 4.08. The minimum Gasteiger partial charge on any atom is -0.427 e. The molecule has 1 heterocycles. The van der Waals surface area contributed by atoms with Crippen LogP contribution in [0.4, 0.5) is 5.13 Å². The SMILES string of the molecule is CC(=O)Oc1ccc(-c2csc(N)n2)cc1. The lowest BCUT2D eigenvalue weighted by Crippen LogP contribution is -2.00. The Balaban J connectivity index is 2.22. The van der Waals surface area contributed by atoms with Crippen molar-refractivity contribution in [1.29, 1.82) is 0 Å². The minimum absolute atomic E-state index is 0.328. The number of rotatable bonds is 2. The number of carbonyl (C=O) groups excluding carboxylic acids is 1. The predicted octanol–water partition coefficient (Wildman–Crippen LogP) is 2.32. The van der Waals surface area contributed by atoms with Crippen LogP contribution in [-0.4, -0.2) is 11.0 Å². The summed E-state index contributed by atoms with van der Waals surface area (Å²) in [6.07, 6.45) is 0. The van der Waals surface area contributed by atoms with Gasteiger partial charge in [-0.2, -0.15) is 0 Å². The quantitative estimate of drug-likeness (QED) is 0.639. The van der Waals surface area contributed by atoms with Crippen molar-refractivity contribution >= 4 is 22.4 Å². The van der Waals surface area contributed by atoms with Crippen molar-refractivity contribution in [2.24, 2.45) is 0 Å². The average molecular weight is 234 g/mol. The molecule has 1 aromatic heterocycles. The largest absolute Gasteiger partial charge is 0.427 e. The molecule has 0 aliphatic heterocycles. The molecular weight excluding hydrogens is 224 g/mol. The third-order valence-electron chi connectivity index (χ3n) is 1.93. The second-order valence-electron chi connectivity index (χ2n) is 3.19. The molecule has 4 nitrogen and oxygen atoms in total. The highest BCUT2D eigenvalue weighted by Crippen LogP contribution is 2.24. The number of hydrogen-bond donors (Lipinski definition) is 1. The lowest BCUT2D eigenvalue weighted by Gasteiger charge is -2.01. The van der Waals surface area contributed by atoms with Crippen molar-refractivity contribution < 1.29 is 9.53 Å². The van der Waals surface area contributed by atoms with Gasteiger partial charge in [0.1, 0.15) is 5.75 Å². The van der Waals surface area contributed by atoms with Crippen molar-refractivity contribution in [3.63, 3.8) is 0 Å². The van der Waals surface area contributed by atoms with Crippen molar-refractivity contribution in [3.8, 4) is 17.0 Å². The molecule has 0 saturated heterocycles. The summed E-state index contributed by atoms with van der Waals surface area (Å²) in [6, 6.07) is 7.14. The van der Waals surface area contributed by atoms with E-state index in [-0.39, 0.29) is 5.97 Å². The number of thiazole rings is 1. The summed E-state index contributed by atoms with van der Waals surface area (Å²) in [7, 11) is 0. The maximum absolute atomic E-state index is 10.7. The van der Waals surface area contributed by atoms with E-state index in [0.717, 1.165) is 11.3 Å². The maximum Gasteiger partial charge on any atom is 0.308 e. The van der Waals surface area contributed by atoms with E-state index in [1.54, 1.807) is 12.1 Å². The topological polar surface area (TPSA) is 65.2 Å². The fraction of sp³-hybridized carbons (Fsp3) is 0.0909. The fourth-order valence-corrected chi connectivity index (χ4v) is 1.85. The number of nitrogens with two attached hydrogens (primary N) is 1. The molecule has 82 valence electrons. The van der Waals surface area contributed by atoms with Crippen LogP contribution in [-0.2, 0) is 4.79 Å². The van der Waals surface area contributed by atoms with Gasteiger partial charge in [0.05, 0.1) is 5.69 Å². The molecule has 1 aromatic carbocycles. The standard InChI is InChI=1S/C11H10N2O2S/c1-7(14)15-9-4-2-8(3-5-9)10-6-16-11(12)13-10/h2-6H,1H3,(H2,12,13). The number of ether oxygens (including phenoxy) is 1. The number of nitrogens with zero attached hydrogens (tertiary/aromatic N) is 1. The summed E-state index contributed by atoms with van der Waals surface area (Å²) in [5.74, 6) is 0.199. The minimum atomic E-state index is -0.328. The van der Waals surface area contributed by atoms with Gasteiger partial charge in [0, 0.05) is 17.9 Å². The van der Waals surface area contributed by atoms with Crippen molar-refractivity contribution in [2.75, 3.05) is 5.73 Å². The van der Waals surface area contributed by atoms with E-state index < -0.39 is 0 Å². The summed E-state index contributed by atoms with van der Waals surface area (Å²) in [6.45, 7) is 1.37. The number of anilines is 1. The van der Waals surface area contributed by atoms with Gasteiger partial charge in [-0.05, 0) is 24.3 Å². The average Bonchev–Trinajstić information content (AvgIpc) is 2.65. The highest BCUT2D eigenvalue weighted by Gasteiger charge is 2.03. The molecule has 2 aromatic rings. The lowest BCUT2D eigenvalue weighted by atomic mass is 10.2. The zero-order valence-corrected chi connectivity index (χ0v) is 9.45. The normalized spacial score (nSPS) is 10.1. The van der Waals surface area contributed by atoms with E-state index in [9.17, 15) is 4.79 Å². The smallest absolute Gasteiger partial charge is 0.308 e. The van der Waals surface area contributed by atoms with Crippen LogP contribution in [0.25, 0.3) is 11.3 Å². The number of aromatic nitrogens is 1. The molecular formula is C11H10N2O2S. The molecule has 5 heteroatoms. The van der Waals surface area contributed by atoms with Gasteiger partial charge < -0.3 is 10.5 Å². The van der Waals surface area contributed by atoms with Crippen LogP contribution in [0, 0.1) is 0 Å². The van der Waals surface area contributed by atoms with Crippen molar-refractivity contribution in [3.05, 3.63) is 29.6 Å². The van der Waals surface area contributed by atoms with Gasteiger partial charge in [-0.1, -0.05) is 0 Å². The zero-order valence-electron chi connectivity index (χ0n) is 8.64. The summed E-state index contributed by atoms with van der Waals surface area (Å²) < 4.78 is 4.93. The van der Waals surface area contributed by atoms with Gasteiger partial charge in [-0.25, -0.2) is 4.98 Å². The monoisotopic (exact) mass is 234 g/mol. The van der Waals surface area contributed by atoms with Crippen LogP contribution in [0.1, 0.15) is 6.92 Å². The summed E-state index contributed by atoms with van der Waals surface area (Å²) in [5.41, 5.74) is 7.33. The number of nitrogen functional groups attached to an aromatic ring is 1. The molecule has 0 fully saturated rings. The van der Waals surface area contributed by atoms with E-state index in [2.05, 4.69) is 4.98 Å². The first-order chi connectivity index (χ1) is 7.65. The van der Waals surface area contributed by atoms with E-state index >= 15 is 0 Å². The highest BCUT2D eigenvalue weighted by molar-refractivity contribution is 7.13. The molecule has 0 atom stereocenters. The Kier molecular flexibility index (Phi) is 2.87. The summed E-state index contributed by atoms with van der Waals surface area (Å²) in [5, 5.41) is 2.43. The molecule has 0 saturated carbocycles. The fourth-order valence-electron chi connectivity index (χ4n) is 1.28. The number of hydrogen-bond acceptors (Lipinski definition) is 5. The summed E-state index contributed by atoms with van der Waals surface area (Å²) in [4.78, 5) is 14.9. The number of esters is 1. The molecule has 0 amide bonds. The molecule has 0 radical (unpaired) electrons. The molecule has 0 unspecified atom stereocenters. The van der Waals surface area contributed by atoms with Crippen LogP contribution in [0.3, 0.4) is 0 Å². The van der Waals surface area contributed by atoms with E-state index in [0.29, 0.717) is 10.9 Å². The van der Waals surface area contributed by atoms with Gasteiger partial charge in [-0.3, -0.25) is 4.79 Å². The Morgan fingerprint density at radius 2 is 2.06 bits per heavy atom. The third kappa shape index (κ3) is 2.38. The van der Waals surface area contributed by atoms with E-state index in [4.69, 9.17) is 10.5 Å². The number of benzene rings is 1. The Labute approximate surface area is 96.7 Å². The van der Waals surface area contributed by atoms with Crippen LogP contribution in [0.15, 0.2) is 29.6 Å². The molecule has 0 aliphatic carbocycles. The lowest BCUT2D eigenvalue weighted by molar-refractivity contribution is -0.131. The van der Waals surface area contributed by atoms with Crippen LogP contribution in [0.2, 0.25) is 0 Å². The zero-order chi connectivity index (χ0) is 11.5. The third-order valence-corrected chi connectivity index (χ3v) is 2.61. The highest BCUT2D eigenvalue weighted by atomic mass is 32.1. The second kappa shape index (κ2) is 4.32. The van der Waals surface area contributed by atoms with Gasteiger partial charge in [0.2, 0.25) is 0 Å². The van der Waals surface area contributed by atoms with Crippen molar-refractivity contribution in [1.82, 2.24) is 4.98 Å². The first-order valence-electron chi connectivity index (χ1n) is 4.65. The van der Waals surface area contributed by atoms with Crippen LogP contribution >= 0.6 is 11.3 Å². The van der Waals surface area contributed by atoms with Gasteiger partial charge in [-0.15, -0.1) is 11.3 Å². The van der Waals surface area contributed by atoms with Gasteiger partial charge in [0.25, 0.3) is 0 Å². The summed E-state index contributed by atoms with van der Waals surface area (Å²) >= 11 is 1.40. The van der Waals surface area contributed by atoms with Crippen molar-refractivity contribution in [2.45, 2.75) is 6.92 Å². The Morgan fingerprint density at radius 1 is 1.38 bits per heavy atom. The van der Waals surface area contributed by atoms with E-state index in [1.165, 1.54) is 18.3 Å². The van der Waals surface area contributed by atoms with E-state index in [1.807, 2.05) is 17.5 Å². The molecule has 2 rings (SSSR count). The van der Waals surface area contributed by atoms with Gasteiger partial charge in [0.15, 0.2) is 5.13 Å². The first kappa shape index (κ1) is 10.6. The number of carbonyl (C=O) groups is 1. The van der Waals surface area contributed by atoms with Crippen LogP contribution in [0.5, 0.6) is 5.75 Å².